The van der Waals surface area contributed by atoms with Gasteiger partial charge in [-0.15, -0.1) is 0 Å². The summed E-state index contributed by atoms with van der Waals surface area (Å²) in [6.45, 7) is 1.51. The zero-order valence-electron chi connectivity index (χ0n) is 7.44. The van der Waals surface area contributed by atoms with Crippen molar-refractivity contribution in [3.63, 3.8) is 0 Å². The van der Waals surface area contributed by atoms with Crippen molar-refractivity contribution in [2.24, 2.45) is 5.92 Å². The van der Waals surface area contributed by atoms with Crippen LogP contribution in [0.25, 0.3) is 0 Å². The van der Waals surface area contributed by atoms with Crippen LogP contribution in [0.5, 0.6) is 0 Å². The van der Waals surface area contributed by atoms with E-state index in [0.29, 0.717) is 12.6 Å². The molecule has 3 aliphatic rings. The third-order valence-electron chi connectivity index (χ3n) is 3.25. The number of esters is 1. The third-order valence-corrected chi connectivity index (χ3v) is 3.25. The highest BCUT2D eigenvalue weighted by molar-refractivity contribution is 5.75. The first-order valence-electron chi connectivity index (χ1n) is 4.96. The molecule has 0 saturated carbocycles. The zero-order chi connectivity index (χ0) is 8.84. The van der Waals surface area contributed by atoms with Crippen LogP contribution in [-0.4, -0.2) is 36.3 Å². The van der Waals surface area contributed by atoms with Gasteiger partial charge in [-0.05, 0) is 12.8 Å². The molecule has 3 aliphatic heterocycles. The van der Waals surface area contributed by atoms with Crippen LogP contribution in [-0.2, 0) is 14.4 Å². The van der Waals surface area contributed by atoms with Crippen molar-refractivity contribution < 1.29 is 14.4 Å². The lowest BCUT2D eigenvalue weighted by molar-refractivity contribution is -0.171. The molecule has 0 aromatic carbocycles. The van der Waals surface area contributed by atoms with Gasteiger partial charge in [-0.25, -0.2) is 0 Å². The summed E-state index contributed by atoms with van der Waals surface area (Å²) in [7, 11) is 0. The van der Waals surface area contributed by atoms with Crippen LogP contribution in [0.3, 0.4) is 0 Å². The van der Waals surface area contributed by atoms with E-state index in [4.69, 9.17) is 9.57 Å². The maximum absolute atomic E-state index is 11.5. The molecule has 13 heavy (non-hydrogen) atoms. The smallest absolute Gasteiger partial charge is 0.313 e. The lowest BCUT2D eigenvalue weighted by atomic mass is 9.90. The first-order valence-corrected chi connectivity index (χ1v) is 4.96. The number of carbonyl (C=O) groups excluding carboxylic acids is 1. The van der Waals surface area contributed by atoms with E-state index < -0.39 is 0 Å². The van der Waals surface area contributed by atoms with Crippen LogP contribution in [0.2, 0.25) is 0 Å². The number of nitrogens with zero attached hydrogens (tertiary/aromatic N) is 1. The van der Waals surface area contributed by atoms with Gasteiger partial charge in [0.05, 0.1) is 18.8 Å². The number of rotatable bonds is 0. The standard InChI is InChI=1S/C9H13NO3/c11-9-8-6-2-1-4-10(6)13-7(8)3-5-12-9/h6-8H,1-5H2/t6-,7+,8+/m1/s1. The Kier molecular flexibility index (Phi) is 1.60. The SMILES string of the molecule is O=C1OCC[C@@H]2ON3CCC[C@@H]3[C@H]12. The van der Waals surface area contributed by atoms with Crippen LogP contribution in [0.4, 0.5) is 0 Å². The molecular formula is C9H13NO3. The van der Waals surface area contributed by atoms with Gasteiger partial charge < -0.3 is 4.74 Å². The van der Waals surface area contributed by atoms with E-state index in [-0.39, 0.29) is 18.0 Å². The normalized spacial score (nSPS) is 44.3. The molecule has 0 amide bonds. The van der Waals surface area contributed by atoms with Crippen LogP contribution in [0.1, 0.15) is 19.3 Å². The van der Waals surface area contributed by atoms with Gasteiger partial charge in [0.15, 0.2) is 0 Å². The second-order valence-corrected chi connectivity index (χ2v) is 3.98. The van der Waals surface area contributed by atoms with Gasteiger partial charge in [-0.2, -0.15) is 5.06 Å². The molecule has 4 nitrogen and oxygen atoms in total. The van der Waals surface area contributed by atoms with Gasteiger partial charge in [0.2, 0.25) is 0 Å². The monoisotopic (exact) mass is 183 g/mol. The van der Waals surface area contributed by atoms with Crippen molar-refractivity contribution in [2.45, 2.75) is 31.4 Å². The Morgan fingerprint density at radius 2 is 2.31 bits per heavy atom. The second kappa shape index (κ2) is 2.69. The second-order valence-electron chi connectivity index (χ2n) is 3.98. The number of hydroxylamine groups is 2. The molecule has 0 aromatic heterocycles. The highest BCUT2D eigenvalue weighted by Crippen LogP contribution is 2.38. The van der Waals surface area contributed by atoms with Crippen LogP contribution < -0.4 is 0 Å². The quantitative estimate of drug-likeness (QED) is 0.507. The van der Waals surface area contributed by atoms with Crippen molar-refractivity contribution in [3.8, 4) is 0 Å². The summed E-state index contributed by atoms with van der Waals surface area (Å²) in [6, 6.07) is 0.304. The summed E-state index contributed by atoms with van der Waals surface area (Å²) in [5.41, 5.74) is 0. The van der Waals surface area contributed by atoms with E-state index in [2.05, 4.69) is 0 Å². The Hall–Kier alpha value is -0.610. The van der Waals surface area contributed by atoms with Crippen molar-refractivity contribution in [1.29, 1.82) is 0 Å². The highest BCUT2D eigenvalue weighted by Gasteiger charge is 2.51. The number of carbonyl (C=O) groups is 1. The minimum atomic E-state index is -0.0503. The molecule has 3 rings (SSSR count). The molecule has 0 aliphatic carbocycles. The van der Waals surface area contributed by atoms with Gasteiger partial charge in [0.25, 0.3) is 0 Å². The van der Waals surface area contributed by atoms with Gasteiger partial charge in [-0.3, -0.25) is 9.63 Å². The lowest BCUT2D eigenvalue weighted by Gasteiger charge is -2.23. The Morgan fingerprint density at radius 3 is 3.23 bits per heavy atom. The maximum atomic E-state index is 11.5. The first-order chi connectivity index (χ1) is 6.36. The highest BCUT2D eigenvalue weighted by atomic mass is 16.7. The van der Waals surface area contributed by atoms with E-state index in [9.17, 15) is 4.79 Å². The summed E-state index contributed by atoms with van der Waals surface area (Å²) in [4.78, 5) is 17.2. The van der Waals surface area contributed by atoms with Gasteiger partial charge in [0.1, 0.15) is 5.92 Å². The van der Waals surface area contributed by atoms with E-state index in [1.165, 1.54) is 0 Å². The molecule has 3 heterocycles. The van der Waals surface area contributed by atoms with Gasteiger partial charge in [0, 0.05) is 13.0 Å². The minimum absolute atomic E-state index is 0.00347. The molecule has 0 N–H and O–H groups in total. The largest absolute Gasteiger partial charge is 0.465 e. The van der Waals surface area contributed by atoms with E-state index in [1.54, 1.807) is 0 Å². The molecule has 0 spiro atoms. The fraction of sp³-hybridized carbons (Fsp3) is 0.889. The lowest BCUT2D eigenvalue weighted by Crippen LogP contribution is -2.38. The van der Waals surface area contributed by atoms with Crippen LogP contribution >= 0.6 is 0 Å². The van der Waals surface area contributed by atoms with E-state index in [0.717, 1.165) is 25.8 Å². The van der Waals surface area contributed by atoms with Gasteiger partial charge in [-0.1, -0.05) is 0 Å². The molecule has 3 fully saturated rings. The molecule has 3 saturated heterocycles. The Balaban J connectivity index is 1.86. The molecule has 4 heteroatoms. The Labute approximate surface area is 76.7 Å². The van der Waals surface area contributed by atoms with Crippen molar-refractivity contribution >= 4 is 5.97 Å². The summed E-state index contributed by atoms with van der Waals surface area (Å²) in [5.74, 6) is -0.0538. The summed E-state index contributed by atoms with van der Waals surface area (Å²) in [5, 5.41) is 1.99. The van der Waals surface area contributed by atoms with Crippen LogP contribution in [0, 0.1) is 5.92 Å². The minimum Gasteiger partial charge on any atom is -0.465 e. The summed E-state index contributed by atoms with van der Waals surface area (Å²) < 4.78 is 5.05. The number of hydrogen-bond donors (Lipinski definition) is 0. The topological polar surface area (TPSA) is 38.8 Å². The number of hydrogen-bond acceptors (Lipinski definition) is 4. The predicted octanol–water partition coefficient (Wildman–Crippen LogP) is 0.328. The first kappa shape index (κ1) is 7.76. The molecule has 72 valence electrons. The molecule has 0 unspecified atom stereocenters. The summed E-state index contributed by atoms with van der Waals surface area (Å²) >= 11 is 0. The van der Waals surface area contributed by atoms with E-state index >= 15 is 0 Å². The molecule has 0 aromatic rings. The van der Waals surface area contributed by atoms with Crippen molar-refractivity contribution in [3.05, 3.63) is 0 Å². The van der Waals surface area contributed by atoms with Crippen molar-refractivity contribution in [1.82, 2.24) is 5.06 Å². The Bertz CT molecular complexity index is 243. The zero-order valence-corrected chi connectivity index (χ0v) is 7.44. The van der Waals surface area contributed by atoms with Crippen LogP contribution in [0.15, 0.2) is 0 Å². The number of ether oxygens (including phenoxy) is 1. The fourth-order valence-electron chi connectivity index (χ4n) is 2.66. The molecule has 0 bridgehead atoms. The van der Waals surface area contributed by atoms with Crippen molar-refractivity contribution in [2.75, 3.05) is 13.2 Å². The average Bonchev–Trinajstić information content (AvgIpc) is 2.62. The maximum Gasteiger partial charge on any atom is 0.313 e. The fourth-order valence-corrected chi connectivity index (χ4v) is 2.66. The molecule has 0 radical (unpaired) electrons. The molecule has 3 atom stereocenters. The number of fused-ring (bicyclic) bond motifs is 3. The summed E-state index contributed by atoms with van der Waals surface area (Å²) in [6.07, 6.45) is 3.19. The van der Waals surface area contributed by atoms with E-state index in [1.807, 2.05) is 5.06 Å². The Morgan fingerprint density at radius 1 is 1.38 bits per heavy atom. The third kappa shape index (κ3) is 1.02. The number of cyclic esters (lactones) is 1. The molecular weight excluding hydrogens is 170 g/mol. The average molecular weight is 183 g/mol. The van der Waals surface area contributed by atoms with Gasteiger partial charge >= 0.3 is 5.97 Å². The predicted molar refractivity (Wildman–Crippen MR) is 43.7 cm³/mol.